The molecule has 16 rings (SSSR count). The van der Waals surface area contributed by atoms with Crippen LogP contribution >= 0.6 is 0 Å². The minimum Gasteiger partial charge on any atom is -0.264 e. The fourth-order valence-electron chi connectivity index (χ4n) is 12.2. The van der Waals surface area contributed by atoms with Gasteiger partial charge in [-0.25, -0.2) is 29.9 Å². The van der Waals surface area contributed by atoms with Gasteiger partial charge >= 0.3 is 0 Å². The molecule has 10 aromatic carbocycles. The minimum absolute atomic E-state index is 0.959. The lowest BCUT2D eigenvalue weighted by atomic mass is 9.91. The van der Waals surface area contributed by atoms with E-state index in [4.69, 9.17) is 0 Å². The molecule has 0 saturated carbocycles. The van der Waals surface area contributed by atoms with Crippen molar-refractivity contribution in [2.24, 2.45) is 0 Å². The third-order valence-corrected chi connectivity index (χ3v) is 17.0. The zero-order valence-corrected chi connectivity index (χ0v) is 52.1. The number of hydrogen-bond acceptors (Lipinski definition) is 9. The van der Waals surface area contributed by atoms with Gasteiger partial charge in [0.25, 0.3) is 0 Å². The lowest BCUT2D eigenvalue weighted by Crippen LogP contribution is -1.89. The van der Waals surface area contributed by atoms with E-state index >= 15 is 0 Å². The van der Waals surface area contributed by atoms with Crippen LogP contribution in [0.25, 0.3) is 156 Å². The Morgan fingerprint density at radius 2 is 0.344 bits per heavy atom. The maximum Gasteiger partial charge on any atom is 0.115 e. The summed E-state index contributed by atoms with van der Waals surface area (Å²) in [6.45, 7) is 0. The molecule has 0 aliphatic heterocycles. The largest absolute Gasteiger partial charge is 0.264 e. The molecule has 9 heteroatoms. The van der Waals surface area contributed by atoms with Crippen molar-refractivity contribution >= 4 is 0 Å². The number of benzene rings is 10. The van der Waals surface area contributed by atoms with E-state index in [-0.39, 0.29) is 0 Å². The molecule has 0 amide bonds. The van der Waals surface area contributed by atoms with E-state index in [1.807, 2.05) is 104 Å². The van der Waals surface area contributed by atoms with Crippen LogP contribution in [0.15, 0.2) is 360 Å². The predicted molar refractivity (Wildman–Crippen MR) is 389 cm³/mol. The van der Waals surface area contributed by atoms with Gasteiger partial charge in [-0.1, -0.05) is 164 Å². The van der Waals surface area contributed by atoms with Crippen LogP contribution in [-0.2, 0) is 0 Å². The molecule has 0 N–H and O–H groups in total. The smallest absolute Gasteiger partial charge is 0.115 e. The van der Waals surface area contributed by atoms with Gasteiger partial charge in [-0.15, -0.1) is 0 Å². The van der Waals surface area contributed by atoms with E-state index in [1.165, 1.54) is 0 Å². The third-order valence-electron chi connectivity index (χ3n) is 17.0. The second kappa shape index (κ2) is 27.8. The van der Waals surface area contributed by atoms with Gasteiger partial charge in [0.05, 0.1) is 11.4 Å². The summed E-state index contributed by atoms with van der Waals surface area (Å²) in [6, 6.07) is 98.8. The Hall–Kier alpha value is -13.1. The van der Waals surface area contributed by atoms with Crippen LogP contribution in [0.3, 0.4) is 0 Å². The molecule has 452 valence electrons. The molecule has 0 spiro atoms. The van der Waals surface area contributed by atoms with Crippen molar-refractivity contribution in [1.82, 2.24) is 44.9 Å². The topological polar surface area (TPSA) is 116 Å². The molecule has 6 heterocycles. The van der Waals surface area contributed by atoms with Crippen LogP contribution in [0.2, 0.25) is 0 Å². The van der Waals surface area contributed by atoms with Gasteiger partial charge in [-0.2, -0.15) is 0 Å². The second-order valence-corrected chi connectivity index (χ2v) is 23.3. The lowest BCUT2D eigenvalue weighted by Gasteiger charge is -2.13. The Labute approximate surface area is 557 Å². The summed E-state index contributed by atoms with van der Waals surface area (Å²) >= 11 is 0. The number of hydrogen-bond donors (Lipinski definition) is 0. The maximum absolute atomic E-state index is 4.56. The quantitative estimate of drug-likeness (QED) is 0.105. The summed E-state index contributed by atoms with van der Waals surface area (Å²) < 4.78 is 0. The number of nitrogens with zero attached hydrogens (tertiary/aromatic N) is 9. The number of aromatic nitrogens is 9. The van der Waals surface area contributed by atoms with Gasteiger partial charge in [0.1, 0.15) is 19.0 Å². The first-order chi connectivity index (χ1) is 47.5. The predicted octanol–water partition coefficient (Wildman–Crippen LogP) is 21.3. The van der Waals surface area contributed by atoms with Crippen LogP contribution in [0, 0.1) is 0 Å². The Morgan fingerprint density at radius 3 is 0.615 bits per heavy atom. The van der Waals surface area contributed by atoms with Gasteiger partial charge in [0.15, 0.2) is 0 Å². The van der Waals surface area contributed by atoms with E-state index < -0.39 is 0 Å². The molecule has 0 atom stereocenters. The van der Waals surface area contributed by atoms with Crippen LogP contribution in [0.5, 0.6) is 0 Å². The Kier molecular flexibility index (Phi) is 17.1. The van der Waals surface area contributed by atoms with Gasteiger partial charge in [0, 0.05) is 95.3 Å². The van der Waals surface area contributed by atoms with Crippen LogP contribution in [-0.4, -0.2) is 44.9 Å². The van der Waals surface area contributed by atoms with Crippen molar-refractivity contribution in [3.63, 3.8) is 0 Å². The van der Waals surface area contributed by atoms with Crippen molar-refractivity contribution < 1.29 is 0 Å². The molecular weight excluding hydrogens is 1170 g/mol. The average molecular weight is 1230 g/mol. The highest BCUT2D eigenvalue weighted by atomic mass is 14.8. The van der Waals surface area contributed by atoms with E-state index in [2.05, 4.69) is 281 Å². The highest BCUT2D eigenvalue weighted by Gasteiger charge is 2.15. The third kappa shape index (κ3) is 13.6. The second-order valence-electron chi connectivity index (χ2n) is 23.3. The zero-order valence-electron chi connectivity index (χ0n) is 52.1. The average Bonchev–Trinajstić information content (AvgIpc) is 0.838. The van der Waals surface area contributed by atoms with Crippen molar-refractivity contribution in [2.45, 2.75) is 0 Å². The molecule has 9 nitrogen and oxygen atoms in total. The molecule has 0 unspecified atom stereocenters. The maximum atomic E-state index is 4.56. The minimum atomic E-state index is 0.959. The fourth-order valence-corrected chi connectivity index (χ4v) is 12.2. The molecule has 0 aliphatic carbocycles. The summed E-state index contributed by atoms with van der Waals surface area (Å²) in [5.74, 6) is 0. The Morgan fingerprint density at radius 1 is 0.135 bits per heavy atom. The highest BCUT2D eigenvalue weighted by Crippen LogP contribution is 2.40. The van der Waals surface area contributed by atoms with Gasteiger partial charge in [-0.05, 0) is 227 Å². The van der Waals surface area contributed by atoms with Crippen LogP contribution in [0.4, 0.5) is 0 Å². The van der Waals surface area contributed by atoms with Crippen molar-refractivity contribution in [3.05, 3.63) is 360 Å². The standard InChI is InChI=1S/C44H30N4.C43H29N5/c1-2-19-48-44(17-1)38-15-6-11-34(23-38)32-9-4-13-36(21-32)41-24-40(25-42(26-41)39-16-7-18-45-27-39)35-12-3-8-31(20-35)33-10-5-14-37(22-33)43-28-46-30-47-29-43;1-2-16-48-43(15-1)37-14-6-10-33(20-37)31-8-4-12-35(18-31)39-21-38(22-40(23-39)42-26-46-29-47-27-42)34-11-3-7-30(17-34)32-9-5-13-36(19-32)41-24-44-28-45-25-41/h1-30H;1-29H. The molecule has 0 fully saturated rings. The number of rotatable bonds is 14. The van der Waals surface area contributed by atoms with E-state index in [1.54, 1.807) is 19.0 Å². The molecule has 0 saturated heterocycles. The molecule has 0 aliphatic rings. The molecule has 16 aromatic rings. The zero-order chi connectivity index (χ0) is 64.2. The molecule has 0 bridgehead atoms. The van der Waals surface area contributed by atoms with Crippen LogP contribution < -0.4 is 0 Å². The highest BCUT2D eigenvalue weighted by molar-refractivity contribution is 5.88. The van der Waals surface area contributed by atoms with E-state index in [9.17, 15) is 0 Å². The Bertz CT molecular complexity index is 4720. The molecule has 96 heavy (non-hydrogen) atoms. The fraction of sp³-hybridized carbons (Fsp3) is 0. The SMILES string of the molecule is c1ccc(-c2cccc(-c3cccc(-c4cc(-c5cccnc5)cc(-c5cccc(-c6cccc(-c7cncnc7)c6)c5)c4)c3)c2)nc1.c1ccc(-c2cccc(-c3cccc(-c4cc(-c5cncnc5)cc(-c5cccc(-c6cccc(-c7cncnc7)c6)c5)c4)c3)c2)nc1. The van der Waals surface area contributed by atoms with Crippen LogP contribution in [0.1, 0.15) is 0 Å². The van der Waals surface area contributed by atoms with Crippen molar-refractivity contribution in [3.8, 4) is 156 Å². The summed E-state index contributed by atoms with van der Waals surface area (Å²) in [5.41, 5.74) is 30.7. The lowest BCUT2D eigenvalue weighted by molar-refractivity contribution is 1.17. The summed E-state index contributed by atoms with van der Waals surface area (Å²) in [4.78, 5) is 39.0. The van der Waals surface area contributed by atoms with E-state index in [0.29, 0.717) is 0 Å². The summed E-state index contributed by atoms with van der Waals surface area (Å²) in [7, 11) is 0. The first kappa shape index (κ1) is 59.2. The van der Waals surface area contributed by atoms with Gasteiger partial charge in [0.2, 0.25) is 0 Å². The first-order valence-electron chi connectivity index (χ1n) is 31.7. The number of pyridine rings is 3. The molecular formula is C87H59N9. The Balaban J connectivity index is 0.000000158. The van der Waals surface area contributed by atoms with Crippen molar-refractivity contribution in [2.75, 3.05) is 0 Å². The summed E-state index contributed by atoms with van der Waals surface area (Å²) in [6.07, 6.45) is 23.2. The summed E-state index contributed by atoms with van der Waals surface area (Å²) in [5, 5.41) is 0. The molecule has 6 aromatic heterocycles. The monoisotopic (exact) mass is 1230 g/mol. The van der Waals surface area contributed by atoms with Crippen molar-refractivity contribution in [1.29, 1.82) is 0 Å². The van der Waals surface area contributed by atoms with Gasteiger partial charge in [-0.3, -0.25) is 15.0 Å². The first-order valence-corrected chi connectivity index (χ1v) is 31.7. The normalized spacial score (nSPS) is 10.9. The molecule has 0 radical (unpaired) electrons. The van der Waals surface area contributed by atoms with E-state index in [0.717, 1.165) is 156 Å². The van der Waals surface area contributed by atoms with Gasteiger partial charge < -0.3 is 0 Å².